The Balaban J connectivity index is 1.82. The molecule has 0 unspecified atom stereocenters. The number of anilines is 1. The van der Waals surface area contributed by atoms with Crippen molar-refractivity contribution in [1.29, 1.82) is 0 Å². The molecule has 148 valence electrons. The molecule has 2 aromatic rings. The lowest BCUT2D eigenvalue weighted by molar-refractivity contribution is -0.116. The van der Waals surface area contributed by atoms with Crippen LogP contribution in [-0.2, 0) is 9.59 Å². The van der Waals surface area contributed by atoms with Crippen molar-refractivity contribution in [2.75, 3.05) is 5.32 Å². The van der Waals surface area contributed by atoms with Crippen LogP contribution in [0.15, 0.2) is 71.1 Å². The minimum absolute atomic E-state index is 0.00682. The van der Waals surface area contributed by atoms with Gasteiger partial charge in [-0.1, -0.05) is 41.9 Å². The lowest BCUT2D eigenvalue weighted by atomic mass is 9.75. The highest BCUT2D eigenvalue weighted by molar-refractivity contribution is 6.31. The molecule has 0 saturated heterocycles. The molecule has 1 atom stereocenters. The second-order valence-corrected chi connectivity index (χ2v) is 7.63. The van der Waals surface area contributed by atoms with Crippen molar-refractivity contribution < 1.29 is 14.0 Å². The SMILES string of the molecule is CC1=C(C(=O)Nc2ccccc2F)[C@H](c2ccccc2Cl)C2=C(CCCC2=O)N1. The Morgan fingerprint density at radius 3 is 2.62 bits per heavy atom. The molecule has 29 heavy (non-hydrogen) atoms. The maximum atomic E-state index is 14.1. The molecule has 0 spiro atoms. The van der Waals surface area contributed by atoms with Gasteiger partial charge in [-0.15, -0.1) is 0 Å². The van der Waals surface area contributed by atoms with Crippen LogP contribution in [-0.4, -0.2) is 11.7 Å². The van der Waals surface area contributed by atoms with Gasteiger partial charge in [-0.05, 0) is 43.5 Å². The molecule has 4 rings (SSSR count). The molecule has 4 nitrogen and oxygen atoms in total. The van der Waals surface area contributed by atoms with Gasteiger partial charge in [-0.2, -0.15) is 0 Å². The molecule has 0 aromatic heterocycles. The summed E-state index contributed by atoms with van der Waals surface area (Å²) in [6.07, 6.45) is 1.94. The lowest BCUT2D eigenvalue weighted by Gasteiger charge is -2.34. The third-order valence-electron chi connectivity index (χ3n) is 5.36. The summed E-state index contributed by atoms with van der Waals surface area (Å²) < 4.78 is 14.1. The Kier molecular flexibility index (Phi) is 5.24. The number of para-hydroxylation sites is 1. The smallest absolute Gasteiger partial charge is 0.254 e. The fourth-order valence-corrected chi connectivity index (χ4v) is 4.30. The first-order chi connectivity index (χ1) is 14.0. The van der Waals surface area contributed by atoms with Crippen molar-refractivity contribution in [3.05, 3.63) is 87.5 Å². The van der Waals surface area contributed by atoms with E-state index in [0.717, 1.165) is 18.5 Å². The summed E-state index contributed by atoms with van der Waals surface area (Å²) in [5.41, 5.74) is 3.20. The van der Waals surface area contributed by atoms with E-state index < -0.39 is 17.6 Å². The van der Waals surface area contributed by atoms with Gasteiger partial charge in [-0.25, -0.2) is 4.39 Å². The van der Waals surface area contributed by atoms with Crippen LogP contribution in [0, 0.1) is 5.82 Å². The first kappa shape index (κ1) is 19.4. The van der Waals surface area contributed by atoms with Crippen LogP contribution in [0.1, 0.15) is 37.7 Å². The van der Waals surface area contributed by atoms with E-state index in [1.54, 1.807) is 31.2 Å². The average molecular weight is 411 g/mol. The molecule has 2 N–H and O–H groups in total. The number of carbonyl (C=O) groups is 2. The minimum Gasteiger partial charge on any atom is -0.362 e. The molecule has 2 aliphatic rings. The van der Waals surface area contributed by atoms with Gasteiger partial charge in [0, 0.05) is 39.9 Å². The Bertz CT molecular complexity index is 1070. The van der Waals surface area contributed by atoms with Crippen molar-refractivity contribution in [2.24, 2.45) is 0 Å². The Hall–Kier alpha value is -2.92. The number of hydrogen-bond donors (Lipinski definition) is 2. The van der Waals surface area contributed by atoms with E-state index in [-0.39, 0.29) is 11.5 Å². The Labute approximate surface area is 173 Å². The zero-order valence-electron chi connectivity index (χ0n) is 15.9. The number of carbonyl (C=O) groups excluding carboxylic acids is 2. The van der Waals surface area contributed by atoms with Gasteiger partial charge in [0.15, 0.2) is 5.78 Å². The summed E-state index contributed by atoms with van der Waals surface area (Å²) in [5, 5.41) is 6.37. The normalized spacial score (nSPS) is 19.0. The Morgan fingerprint density at radius 1 is 1.14 bits per heavy atom. The molecule has 1 aliphatic heterocycles. The summed E-state index contributed by atoms with van der Waals surface area (Å²) in [6.45, 7) is 1.79. The molecular formula is C23H20ClFN2O2. The van der Waals surface area contributed by atoms with Crippen molar-refractivity contribution >= 4 is 29.0 Å². The van der Waals surface area contributed by atoms with Gasteiger partial charge in [0.2, 0.25) is 0 Å². The van der Waals surface area contributed by atoms with Crippen LogP contribution in [0.5, 0.6) is 0 Å². The van der Waals surface area contributed by atoms with E-state index in [2.05, 4.69) is 10.6 Å². The first-order valence-corrected chi connectivity index (χ1v) is 9.89. The number of benzene rings is 2. The molecular weight excluding hydrogens is 391 g/mol. The standard InChI is InChI=1S/C23H20ClFN2O2/c1-13-20(23(29)27-17-10-5-4-9-16(17)25)21(14-7-2-3-8-15(14)24)22-18(26-13)11-6-12-19(22)28/h2-5,7-10,21,26H,6,11-12H2,1H3,(H,27,29)/t21-/m0/s1. The maximum absolute atomic E-state index is 14.1. The summed E-state index contributed by atoms with van der Waals surface area (Å²) in [5.74, 6) is -1.58. The summed E-state index contributed by atoms with van der Waals surface area (Å²) >= 11 is 6.47. The van der Waals surface area contributed by atoms with E-state index in [4.69, 9.17) is 11.6 Å². The predicted molar refractivity (Wildman–Crippen MR) is 111 cm³/mol. The Morgan fingerprint density at radius 2 is 1.86 bits per heavy atom. The molecule has 1 aliphatic carbocycles. The summed E-state index contributed by atoms with van der Waals surface area (Å²) in [4.78, 5) is 26.1. The van der Waals surface area contributed by atoms with E-state index in [1.165, 1.54) is 12.1 Å². The average Bonchev–Trinajstić information content (AvgIpc) is 2.69. The minimum atomic E-state index is -0.598. The van der Waals surface area contributed by atoms with Crippen LogP contribution < -0.4 is 10.6 Å². The fourth-order valence-electron chi connectivity index (χ4n) is 4.06. The van der Waals surface area contributed by atoms with Crippen molar-refractivity contribution in [1.82, 2.24) is 5.32 Å². The number of allylic oxidation sites excluding steroid dienone is 3. The molecule has 0 radical (unpaired) electrons. The number of amides is 1. The van der Waals surface area contributed by atoms with Crippen LogP contribution in [0.2, 0.25) is 5.02 Å². The van der Waals surface area contributed by atoms with Gasteiger partial charge in [-0.3, -0.25) is 9.59 Å². The monoisotopic (exact) mass is 410 g/mol. The molecule has 6 heteroatoms. The van der Waals surface area contributed by atoms with E-state index in [0.29, 0.717) is 33.9 Å². The van der Waals surface area contributed by atoms with E-state index in [1.807, 2.05) is 12.1 Å². The predicted octanol–water partition coefficient (Wildman–Crippen LogP) is 5.09. The second-order valence-electron chi connectivity index (χ2n) is 7.22. The zero-order valence-corrected chi connectivity index (χ0v) is 16.6. The zero-order chi connectivity index (χ0) is 20.5. The van der Waals surface area contributed by atoms with Crippen molar-refractivity contribution in [3.8, 4) is 0 Å². The van der Waals surface area contributed by atoms with Crippen LogP contribution in [0.25, 0.3) is 0 Å². The first-order valence-electron chi connectivity index (χ1n) is 9.51. The maximum Gasteiger partial charge on any atom is 0.254 e. The van der Waals surface area contributed by atoms with Crippen molar-refractivity contribution in [2.45, 2.75) is 32.1 Å². The van der Waals surface area contributed by atoms with Crippen LogP contribution >= 0.6 is 11.6 Å². The molecule has 0 fully saturated rings. The van der Waals surface area contributed by atoms with Crippen molar-refractivity contribution in [3.63, 3.8) is 0 Å². The highest BCUT2D eigenvalue weighted by Crippen LogP contribution is 2.44. The lowest BCUT2D eigenvalue weighted by Crippen LogP contribution is -2.35. The van der Waals surface area contributed by atoms with E-state index >= 15 is 0 Å². The highest BCUT2D eigenvalue weighted by atomic mass is 35.5. The molecule has 0 bridgehead atoms. The van der Waals surface area contributed by atoms with Gasteiger partial charge in [0.05, 0.1) is 5.69 Å². The van der Waals surface area contributed by atoms with E-state index in [9.17, 15) is 14.0 Å². The summed E-state index contributed by atoms with van der Waals surface area (Å²) in [7, 11) is 0. The number of hydrogen-bond acceptors (Lipinski definition) is 3. The van der Waals surface area contributed by atoms with Gasteiger partial charge in [0.25, 0.3) is 5.91 Å². The topological polar surface area (TPSA) is 58.2 Å². The van der Waals surface area contributed by atoms with Crippen LogP contribution in [0.3, 0.4) is 0 Å². The number of nitrogens with one attached hydrogen (secondary N) is 2. The quantitative estimate of drug-likeness (QED) is 0.741. The summed E-state index contributed by atoms with van der Waals surface area (Å²) in [6, 6.07) is 13.2. The fraction of sp³-hybridized carbons (Fsp3) is 0.217. The largest absolute Gasteiger partial charge is 0.362 e. The third-order valence-corrected chi connectivity index (χ3v) is 5.70. The molecule has 1 amide bonds. The third kappa shape index (κ3) is 3.58. The van der Waals surface area contributed by atoms with Crippen LogP contribution in [0.4, 0.5) is 10.1 Å². The number of Topliss-reactive ketones (excluding diaryl/α,β-unsaturated/α-hetero) is 1. The molecule has 1 heterocycles. The highest BCUT2D eigenvalue weighted by Gasteiger charge is 2.39. The molecule has 2 aromatic carbocycles. The van der Waals surface area contributed by atoms with Gasteiger partial charge < -0.3 is 10.6 Å². The second kappa shape index (κ2) is 7.84. The van der Waals surface area contributed by atoms with Gasteiger partial charge in [0.1, 0.15) is 5.82 Å². The van der Waals surface area contributed by atoms with Gasteiger partial charge >= 0.3 is 0 Å². The number of halogens is 2. The number of rotatable bonds is 3. The number of dihydropyridines is 1. The number of ketones is 1. The molecule has 0 saturated carbocycles.